The van der Waals surface area contributed by atoms with E-state index in [2.05, 4.69) is 15.6 Å². The molecule has 0 spiro atoms. The summed E-state index contributed by atoms with van der Waals surface area (Å²) in [6.45, 7) is 3.94. The second kappa shape index (κ2) is 5.07. The molecule has 0 bridgehead atoms. The molecule has 1 N–H and O–H groups in total. The van der Waals surface area contributed by atoms with Gasteiger partial charge in [-0.1, -0.05) is 5.21 Å². The van der Waals surface area contributed by atoms with E-state index in [1.54, 1.807) is 17.8 Å². The molecule has 1 aromatic rings. The summed E-state index contributed by atoms with van der Waals surface area (Å²) in [6, 6.07) is 0.441. The van der Waals surface area contributed by atoms with Crippen LogP contribution in [-0.2, 0) is 11.3 Å². The van der Waals surface area contributed by atoms with E-state index in [0.29, 0.717) is 12.6 Å². The van der Waals surface area contributed by atoms with Crippen molar-refractivity contribution in [2.45, 2.75) is 32.4 Å². The highest BCUT2D eigenvalue weighted by atomic mass is 16.5. The van der Waals surface area contributed by atoms with Crippen molar-refractivity contribution < 1.29 is 9.53 Å². The summed E-state index contributed by atoms with van der Waals surface area (Å²) in [7, 11) is 0. The minimum Gasteiger partial charge on any atom is -0.461 e. The third-order valence-corrected chi connectivity index (χ3v) is 2.59. The lowest BCUT2D eigenvalue weighted by atomic mass is 10.2. The average Bonchev–Trinajstić information content (AvgIpc) is 2.90. The van der Waals surface area contributed by atoms with Crippen LogP contribution in [0.4, 0.5) is 0 Å². The Kier molecular flexibility index (Phi) is 3.51. The van der Waals surface area contributed by atoms with Crippen molar-refractivity contribution in [2.24, 2.45) is 0 Å². The fourth-order valence-electron chi connectivity index (χ4n) is 1.82. The van der Waals surface area contributed by atoms with Crippen molar-refractivity contribution in [2.75, 3.05) is 13.2 Å². The predicted molar refractivity (Wildman–Crippen MR) is 57.0 cm³/mol. The van der Waals surface area contributed by atoms with Crippen LogP contribution in [0.5, 0.6) is 0 Å². The zero-order chi connectivity index (χ0) is 11.4. The van der Waals surface area contributed by atoms with Gasteiger partial charge in [-0.05, 0) is 26.3 Å². The van der Waals surface area contributed by atoms with E-state index >= 15 is 0 Å². The molecule has 0 aromatic carbocycles. The Balaban J connectivity index is 1.93. The van der Waals surface area contributed by atoms with Crippen LogP contribution in [0.2, 0.25) is 0 Å². The van der Waals surface area contributed by atoms with Crippen LogP contribution in [0, 0.1) is 0 Å². The van der Waals surface area contributed by atoms with Crippen molar-refractivity contribution >= 4 is 5.97 Å². The SMILES string of the molecule is CCOC(=O)c1cn(CC2CCCN2)nn1. The van der Waals surface area contributed by atoms with Gasteiger partial charge in [0.15, 0.2) is 5.69 Å². The maximum Gasteiger partial charge on any atom is 0.360 e. The molecule has 0 amide bonds. The number of esters is 1. The molecule has 0 aliphatic carbocycles. The Morgan fingerprint density at radius 2 is 2.62 bits per heavy atom. The van der Waals surface area contributed by atoms with E-state index in [1.165, 1.54) is 6.42 Å². The van der Waals surface area contributed by atoms with Gasteiger partial charge in [0.2, 0.25) is 0 Å². The van der Waals surface area contributed by atoms with E-state index in [9.17, 15) is 4.79 Å². The summed E-state index contributed by atoms with van der Waals surface area (Å²) in [6.07, 6.45) is 3.98. The first-order chi connectivity index (χ1) is 7.79. The molecule has 0 radical (unpaired) electrons. The number of aromatic nitrogens is 3. The highest BCUT2D eigenvalue weighted by Crippen LogP contribution is 2.07. The molecule has 1 aliphatic rings. The van der Waals surface area contributed by atoms with Gasteiger partial charge in [-0.25, -0.2) is 4.79 Å². The van der Waals surface area contributed by atoms with Crippen LogP contribution in [0.3, 0.4) is 0 Å². The molecule has 0 saturated carbocycles. The molecular formula is C10H16N4O2. The summed E-state index contributed by atoms with van der Waals surface area (Å²) >= 11 is 0. The number of nitrogens with one attached hydrogen (secondary N) is 1. The van der Waals surface area contributed by atoms with Gasteiger partial charge in [0.05, 0.1) is 19.3 Å². The van der Waals surface area contributed by atoms with E-state index < -0.39 is 5.97 Å². The Labute approximate surface area is 94.0 Å². The summed E-state index contributed by atoms with van der Waals surface area (Å²) in [5.74, 6) is -0.409. The minimum atomic E-state index is -0.409. The van der Waals surface area contributed by atoms with Gasteiger partial charge in [-0.15, -0.1) is 5.10 Å². The van der Waals surface area contributed by atoms with Crippen LogP contribution < -0.4 is 5.32 Å². The number of hydrogen-bond acceptors (Lipinski definition) is 5. The highest BCUT2D eigenvalue weighted by molar-refractivity contribution is 5.86. The Morgan fingerprint density at radius 3 is 3.31 bits per heavy atom. The smallest absolute Gasteiger partial charge is 0.360 e. The van der Waals surface area contributed by atoms with Gasteiger partial charge in [-0.3, -0.25) is 4.68 Å². The number of rotatable bonds is 4. The Morgan fingerprint density at radius 1 is 1.75 bits per heavy atom. The zero-order valence-electron chi connectivity index (χ0n) is 9.35. The molecule has 88 valence electrons. The van der Waals surface area contributed by atoms with Crippen molar-refractivity contribution in [3.8, 4) is 0 Å². The van der Waals surface area contributed by atoms with Gasteiger partial charge in [0.1, 0.15) is 0 Å². The monoisotopic (exact) mass is 224 g/mol. The molecule has 6 nitrogen and oxygen atoms in total. The standard InChI is InChI=1S/C10H16N4O2/c1-2-16-10(15)9-7-14(13-12-9)6-8-4-3-5-11-8/h7-8,11H,2-6H2,1H3. The molecule has 6 heteroatoms. The van der Waals surface area contributed by atoms with Crippen molar-refractivity contribution in [1.82, 2.24) is 20.3 Å². The van der Waals surface area contributed by atoms with Gasteiger partial charge < -0.3 is 10.1 Å². The first kappa shape index (κ1) is 11.1. The number of carbonyl (C=O) groups excluding carboxylic acids is 1. The van der Waals surface area contributed by atoms with Gasteiger partial charge >= 0.3 is 5.97 Å². The molecule has 2 heterocycles. The summed E-state index contributed by atoms with van der Waals surface area (Å²) in [5.41, 5.74) is 0.278. The highest BCUT2D eigenvalue weighted by Gasteiger charge is 2.17. The van der Waals surface area contributed by atoms with E-state index in [-0.39, 0.29) is 5.69 Å². The van der Waals surface area contributed by atoms with Crippen molar-refractivity contribution in [1.29, 1.82) is 0 Å². The van der Waals surface area contributed by atoms with Crippen LogP contribution in [-0.4, -0.2) is 40.2 Å². The molecular weight excluding hydrogens is 208 g/mol. The third-order valence-electron chi connectivity index (χ3n) is 2.59. The first-order valence-electron chi connectivity index (χ1n) is 5.60. The lowest BCUT2D eigenvalue weighted by Gasteiger charge is -2.08. The lowest BCUT2D eigenvalue weighted by molar-refractivity contribution is 0.0519. The summed E-state index contributed by atoms with van der Waals surface area (Å²) in [4.78, 5) is 11.3. The summed E-state index contributed by atoms with van der Waals surface area (Å²) < 4.78 is 6.53. The maximum absolute atomic E-state index is 11.3. The van der Waals surface area contributed by atoms with Crippen molar-refractivity contribution in [3.63, 3.8) is 0 Å². The fraction of sp³-hybridized carbons (Fsp3) is 0.700. The first-order valence-corrected chi connectivity index (χ1v) is 5.60. The normalized spacial score (nSPS) is 19.9. The average molecular weight is 224 g/mol. The van der Waals surface area contributed by atoms with Gasteiger partial charge in [0.25, 0.3) is 0 Å². The maximum atomic E-state index is 11.3. The third kappa shape index (κ3) is 2.57. The molecule has 1 saturated heterocycles. The molecule has 1 atom stereocenters. The van der Waals surface area contributed by atoms with Crippen LogP contribution in [0.25, 0.3) is 0 Å². The second-order valence-corrected chi connectivity index (χ2v) is 3.84. The molecule has 1 aliphatic heterocycles. The van der Waals surface area contributed by atoms with E-state index in [4.69, 9.17) is 4.74 Å². The van der Waals surface area contributed by atoms with Gasteiger partial charge in [0, 0.05) is 6.04 Å². The number of carbonyl (C=O) groups is 1. The topological polar surface area (TPSA) is 69.0 Å². The number of nitrogens with zero attached hydrogens (tertiary/aromatic N) is 3. The van der Waals surface area contributed by atoms with E-state index in [1.807, 2.05) is 0 Å². The Bertz CT molecular complexity index is 357. The number of ether oxygens (including phenoxy) is 1. The van der Waals surface area contributed by atoms with E-state index in [0.717, 1.165) is 19.5 Å². The van der Waals surface area contributed by atoms with Crippen LogP contribution >= 0.6 is 0 Å². The predicted octanol–water partition coefficient (Wildman–Crippen LogP) is 0.207. The zero-order valence-corrected chi connectivity index (χ0v) is 9.35. The molecule has 16 heavy (non-hydrogen) atoms. The van der Waals surface area contributed by atoms with Crippen molar-refractivity contribution in [3.05, 3.63) is 11.9 Å². The minimum absolute atomic E-state index is 0.278. The molecule has 1 fully saturated rings. The van der Waals surface area contributed by atoms with Crippen LogP contribution in [0.15, 0.2) is 6.20 Å². The van der Waals surface area contributed by atoms with Gasteiger partial charge in [-0.2, -0.15) is 0 Å². The quantitative estimate of drug-likeness (QED) is 0.740. The van der Waals surface area contributed by atoms with Crippen LogP contribution in [0.1, 0.15) is 30.3 Å². The molecule has 2 rings (SSSR count). The lowest BCUT2D eigenvalue weighted by Crippen LogP contribution is -2.26. The second-order valence-electron chi connectivity index (χ2n) is 3.84. The number of hydrogen-bond donors (Lipinski definition) is 1. The fourth-order valence-corrected chi connectivity index (χ4v) is 1.82. The summed E-state index contributed by atoms with van der Waals surface area (Å²) in [5, 5.41) is 11.1. The largest absolute Gasteiger partial charge is 0.461 e. The Hall–Kier alpha value is -1.43. The molecule has 1 unspecified atom stereocenters. The molecule has 1 aromatic heterocycles.